The number of hydrogen-bond donors (Lipinski definition) is 2. The molecule has 6 nitrogen and oxygen atoms in total. The van der Waals surface area contributed by atoms with Crippen LogP contribution in [0.5, 0.6) is 0 Å². The van der Waals surface area contributed by atoms with Gasteiger partial charge in [0.1, 0.15) is 6.54 Å². The van der Waals surface area contributed by atoms with Gasteiger partial charge in [-0.05, 0) is 23.8 Å². The van der Waals surface area contributed by atoms with Crippen molar-refractivity contribution in [2.24, 2.45) is 0 Å². The zero-order chi connectivity index (χ0) is 13.1. The van der Waals surface area contributed by atoms with Crippen LogP contribution in [-0.2, 0) is 20.7 Å². The van der Waals surface area contributed by atoms with Gasteiger partial charge in [-0.1, -0.05) is 0 Å². The molecule has 0 fully saturated rings. The fraction of sp³-hybridized carbons (Fsp3) is 0.250. The summed E-state index contributed by atoms with van der Waals surface area (Å²) in [7, 11) is 1.25. The molecule has 0 radical (unpaired) electrons. The third kappa shape index (κ3) is 2.48. The van der Waals surface area contributed by atoms with Gasteiger partial charge in [0.2, 0.25) is 5.91 Å². The monoisotopic (exact) mass is 248 g/mol. The summed E-state index contributed by atoms with van der Waals surface area (Å²) in [5.74, 6) is -0.971. The van der Waals surface area contributed by atoms with Gasteiger partial charge in [0.25, 0.3) is 5.91 Å². The van der Waals surface area contributed by atoms with Gasteiger partial charge in [0.05, 0.1) is 13.5 Å². The predicted octanol–water partition coefficient (Wildman–Crippen LogP) is 0.0840. The molecule has 6 heteroatoms. The lowest BCUT2D eigenvalue weighted by Crippen LogP contribution is -2.30. The van der Waals surface area contributed by atoms with E-state index in [1.54, 1.807) is 18.2 Å². The van der Waals surface area contributed by atoms with Gasteiger partial charge < -0.3 is 15.4 Å². The Morgan fingerprint density at radius 3 is 2.94 bits per heavy atom. The molecule has 0 saturated heterocycles. The Labute approximate surface area is 103 Å². The van der Waals surface area contributed by atoms with Crippen molar-refractivity contribution in [1.29, 1.82) is 0 Å². The first kappa shape index (κ1) is 12.1. The molecule has 18 heavy (non-hydrogen) atoms. The van der Waals surface area contributed by atoms with Crippen molar-refractivity contribution < 1.29 is 19.1 Å². The van der Waals surface area contributed by atoms with Crippen LogP contribution < -0.4 is 10.6 Å². The first-order chi connectivity index (χ1) is 8.60. The number of nitrogens with one attached hydrogen (secondary N) is 2. The second kappa shape index (κ2) is 4.87. The van der Waals surface area contributed by atoms with Crippen LogP contribution in [0, 0.1) is 0 Å². The molecule has 0 spiro atoms. The van der Waals surface area contributed by atoms with Gasteiger partial charge in [-0.2, -0.15) is 0 Å². The summed E-state index contributed by atoms with van der Waals surface area (Å²) in [6.07, 6.45) is 0.271. The van der Waals surface area contributed by atoms with E-state index in [-0.39, 0.29) is 24.8 Å². The van der Waals surface area contributed by atoms with Crippen LogP contribution in [0.1, 0.15) is 15.9 Å². The van der Waals surface area contributed by atoms with Crippen LogP contribution >= 0.6 is 0 Å². The summed E-state index contributed by atoms with van der Waals surface area (Å²) in [6.45, 7) is -0.177. The van der Waals surface area contributed by atoms with Crippen LogP contribution in [0.15, 0.2) is 18.2 Å². The van der Waals surface area contributed by atoms with E-state index >= 15 is 0 Å². The third-order valence-corrected chi connectivity index (χ3v) is 2.61. The van der Waals surface area contributed by atoms with Gasteiger partial charge in [-0.15, -0.1) is 0 Å². The average Bonchev–Trinajstić information content (AvgIpc) is 2.74. The topological polar surface area (TPSA) is 84.5 Å². The molecule has 0 aliphatic carbocycles. The normalized spacial score (nSPS) is 12.6. The van der Waals surface area contributed by atoms with E-state index in [2.05, 4.69) is 15.4 Å². The fourth-order valence-corrected chi connectivity index (χ4v) is 1.70. The number of carbonyl (C=O) groups is 3. The Kier molecular flexibility index (Phi) is 3.27. The molecule has 0 bridgehead atoms. The van der Waals surface area contributed by atoms with Gasteiger partial charge in [-0.3, -0.25) is 14.4 Å². The zero-order valence-corrected chi connectivity index (χ0v) is 9.78. The highest BCUT2D eigenvalue weighted by molar-refractivity contribution is 6.02. The lowest BCUT2D eigenvalue weighted by atomic mass is 10.1. The molecule has 1 aromatic carbocycles. The molecular formula is C12H12N2O4. The molecule has 0 saturated carbocycles. The Balaban J connectivity index is 2.06. The number of benzene rings is 1. The minimum Gasteiger partial charge on any atom is -0.468 e. The van der Waals surface area contributed by atoms with E-state index in [0.717, 1.165) is 11.3 Å². The maximum Gasteiger partial charge on any atom is 0.325 e. The Morgan fingerprint density at radius 1 is 1.44 bits per heavy atom. The highest BCUT2D eigenvalue weighted by Crippen LogP contribution is 2.23. The second-order valence-electron chi connectivity index (χ2n) is 3.86. The quantitative estimate of drug-likeness (QED) is 0.742. The van der Waals surface area contributed by atoms with Crippen molar-refractivity contribution >= 4 is 23.5 Å². The van der Waals surface area contributed by atoms with Crippen molar-refractivity contribution in [2.75, 3.05) is 19.0 Å². The first-order valence-electron chi connectivity index (χ1n) is 5.38. The standard InChI is InChI=1S/C12H12N2O4/c1-18-11(16)6-13-12(17)7-2-3-9-8(4-7)5-10(15)14-9/h2-4H,5-6H2,1H3,(H,13,17)(H,14,15). The summed E-state index contributed by atoms with van der Waals surface area (Å²) in [5, 5.41) is 5.11. The highest BCUT2D eigenvalue weighted by Gasteiger charge is 2.19. The van der Waals surface area contributed by atoms with Crippen molar-refractivity contribution in [3.8, 4) is 0 Å². The number of esters is 1. The molecule has 1 aliphatic heterocycles. The number of carbonyl (C=O) groups excluding carboxylic acids is 3. The predicted molar refractivity (Wildman–Crippen MR) is 63.1 cm³/mol. The van der Waals surface area contributed by atoms with Crippen LogP contribution in [0.4, 0.5) is 5.69 Å². The second-order valence-corrected chi connectivity index (χ2v) is 3.86. The van der Waals surface area contributed by atoms with Gasteiger partial charge in [0, 0.05) is 11.3 Å². The molecule has 2 amide bonds. The summed E-state index contributed by atoms with van der Waals surface area (Å²) in [4.78, 5) is 33.8. The summed E-state index contributed by atoms with van der Waals surface area (Å²) >= 11 is 0. The zero-order valence-electron chi connectivity index (χ0n) is 9.78. The number of ether oxygens (including phenoxy) is 1. The average molecular weight is 248 g/mol. The number of amides is 2. The lowest BCUT2D eigenvalue weighted by molar-refractivity contribution is -0.139. The fourth-order valence-electron chi connectivity index (χ4n) is 1.70. The number of methoxy groups -OCH3 is 1. The summed E-state index contributed by atoms with van der Waals surface area (Å²) in [5.41, 5.74) is 1.92. The number of anilines is 1. The number of fused-ring (bicyclic) bond motifs is 1. The van der Waals surface area contributed by atoms with Crippen molar-refractivity contribution in [2.45, 2.75) is 6.42 Å². The van der Waals surface area contributed by atoms with E-state index in [9.17, 15) is 14.4 Å². The van der Waals surface area contributed by atoms with E-state index in [1.807, 2.05) is 0 Å². The van der Waals surface area contributed by atoms with Crippen molar-refractivity contribution in [1.82, 2.24) is 5.32 Å². The van der Waals surface area contributed by atoms with Gasteiger partial charge in [0.15, 0.2) is 0 Å². The van der Waals surface area contributed by atoms with E-state index < -0.39 is 5.97 Å². The molecule has 1 heterocycles. The lowest BCUT2D eigenvalue weighted by Gasteiger charge is -2.05. The van der Waals surface area contributed by atoms with Crippen LogP contribution in [0.25, 0.3) is 0 Å². The third-order valence-electron chi connectivity index (χ3n) is 2.61. The van der Waals surface area contributed by atoms with E-state index in [0.29, 0.717) is 5.56 Å². The molecule has 94 valence electrons. The molecule has 2 N–H and O–H groups in total. The van der Waals surface area contributed by atoms with Crippen LogP contribution in [0.3, 0.4) is 0 Å². The Hall–Kier alpha value is -2.37. The molecule has 0 unspecified atom stereocenters. The largest absolute Gasteiger partial charge is 0.468 e. The Morgan fingerprint density at radius 2 is 2.22 bits per heavy atom. The molecule has 0 aromatic heterocycles. The van der Waals surface area contributed by atoms with Gasteiger partial charge >= 0.3 is 5.97 Å². The van der Waals surface area contributed by atoms with Crippen LogP contribution in [-0.4, -0.2) is 31.4 Å². The van der Waals surface area contributed by atoms with Crippen molar-refractivity contribution in [3.05, 3.63) is 29.3 Å². The molecular weight excluding hydrogens is 236 g/mol. The number of rotatable bonds is 3. The first-order valence-corrected chi connectivity index (χ1v) is 5.38. The maximum absolute atomic E-state index is 11.7. The van der Waals surface area contributed by atoms with E-state index in [1.165, 1.54) is 7.11 Å². The molecule has 2 rings (SSSR count). The molecule has 1 aromatic rings. The molecule has 1 aliphatic rings. The van der Waals surface area contributed by atoms with Crippen molar-refractivity contribution in [3.63, 3.8) is 0 Å². The van der Waals surface area contributed by atoms with Gasteiger partial charge in [-0.25, -0.2) is 0 Å². The number of hydrogen-bond acceptors (Lipinski definition) is 4. The summed E-state index contributed by atoms with van der Waals surface area (Å²) < 4.78 is 4.42. The Bertz CT molecular complexity index is 525. The highest BCUT2D eigenvalue weighted by atomic mass is 16.5. The minimum atomic E-state index is -0.513. The SMILES string of the molecule is COC(=O)CNC(=O)c1ccc2c(c1)CC(=O)N2. The van der Waals surface area contributed by atoms with E-state index in [4.69, 9.17) is 0 Å². The minimum absolute atomic E-state index is 0.0860. The smallest absolute Gasteiger partial charge is 0.325 e. The maximum atomic E-state index is 11.7. The van der Waals surface area contributed by atoms with Crippen LogP contribution in [0.2, 0.25) is 0 Å². The summed E-state index contributed by atoms with van der Waals surface area (Å²) in [6, 6.07) is 4.91. The molecule has 0 atom stereocenters.